The van der Waals surface area contributed by atoms with Gasteiger partial charge in [0.2, 0.25) is 0 Å². The number of hydrogen-bond acceptors (Lipinski definition) is 4. The Kier molecular flexibility index (Phi) is 3.31. The molecule has 1 aliphatic heterocycles. The third-order valence-electron chi connectivity index (χ3n) is 3.05. The van der Waals surface area contributed by atoms with E-state index < -0.39 is 5.97 Å². The molecule has 0 unspecified atom stereocenters. The molecule has 0 atom stereocenters. The Hall–Kier alpha value is -2.82. The van der Waals surface area contributed by atoms with Crippen molar-refractivity contribution in [3.63, 3.8) is 0 Å². The number of fused-ring (bicyclic) bond motifs is 1. The minimum Gasteiger partial charge on any atom is -0.482 e. The molecule has 5 heteroatoms. The number of rotatable bonds is 2. The number of esters is 1. The van der Waals surface area contributed by atoms with Crippen LogP contribution in [0.2, 0.25) is 0 Å². The fourth-order valence-corrected chi connectivity index (χ4v) is 2.06. The van der Waals surface area contributed by atoms with Gasteiger partial charge in [0.25, 0.3) is 5.91 Å². The molecule has 106 valence electrons. The lowest BCUT2D eigenvalue weighted by molar-refractivity contribution is -0.118. The molecular formula is C16H13NO4. The number of amides is 1. The van der Waals surface area contributed by atoms with Crippen LogP contribution in [0.1, 0.15) is 15.9 Å². The molecule has 3 rings (SSSR count). The molecule has 2 aromatic rings. The summed E-state index contributed by atoms with van der Waals surface area (Å²) in [5.74, 6) is 0.238. The van der Waals surface area contributed by atoms with Crippen molar-refractivity contribution in [1.82, 2.24) is 0 Å². The highest BCUT2D eigenvalue weighted by Crippen LogP contribution is 2.31. The average molecular weight is 283 g/mol. The molecule has 1 amide bonds. The van der Waals surface area contributed by atoms with E-state index in [1.807, 2.05) is 13.0 Å². The minimum absolute atomic E-state index is 0.00454. The fourth-order valence-electron chi connectivity index (χ4n) is 2.06. The van der Waals surface area contributed by atoms with Crippen LogP contribution in [0.25, 0.3) is 0 Å². The first-order valence-corrected chi connectivity index (χ1v) is 6.47. The van der Waals surface area contributed by atoms with Crippen molar-refractivity contribution in [1.29, 1.82) is 0 Å². The molecule has 21 heavy (non-hydrogen) atoms. The van der Waals surface area contributed by atoms with E-state index in [1.54, 1.807) is 36.4 Å². The molecule has 1 heterocycles. The van der Waals surface area contributed by atoms with Crippen LogP contribution in [0, 0.1) is 6.92 Å². The van der Waals surface area contributed by atoms with Crippen LogP contribution in [0.15, 0.2) is 42.5 Å². The van der Waals surface area contributed by atoms with Gasteiger partial charge in [0, 0.05) is 6.07 Å². The predicted octanol–water partition coefficient (Wildman–Crippen LogP) is 2.55. The van der Waals surface area contributed by atoms with E-state index in [2.05, 4.69) is 5.32 Å². The van der Waals surface area contributed by atoms with E-state index in [9.17, 15) is 9.59 Å². The highest BCUT2D eigenvalue weighted by Gasteiger charge is 2.17. The second-order valence-electron chi connectivity index (χ2n) is 4.75. The van der Waals surface area contributed by atoms with E-state index in [1.165, 1.54) is 0 Å². The maximum Gasteiger partial charge on any atom is 0.343 e. The Morgan fingerprint density at radius 2 is 2.10 bits per heavy atom. The molecule has 0 radical (unpaired) electrons. The summed E-state index contributed by atoms with van der Waals surface area (Å²) in [4.78, 5) is 23.3. The van der Waals surface area contributed by atoms with Gasteiger partial charge in [0.05, 0.1) is 11.3 Å². The Bertz CT molecular complexity index is 724. The first kappa shape index (κ1) is 13.2. The zero-order chi connectivity index (χ0) is 14.8. The lowest BCUT2D eigenvalue weighted by Gasteiger charge is -2.18. The van der Waals surface area contributed by atoms with Crippen LogP contribution in [-0.2, 0) is 4.79 Å². The fraction of sp³-hybridized carbons (Fsp3) is 0.125. The highest BCUT2D eigenvalue weighted by molar-refractivity contribution is 5.96. The van der Waals surface area contributed by atoms with E-state index in [-0.39, 0.29) is 12.5 Å². The van der Waals surface area contributed by atoms with Crippen molar-refractivity contribution < 1.29 is 19.1 Å². The summed E-state index contributed by atoms with van der Waals surface area (Å²) in [6.45, 7) is 1.90. The standard InChI is InChI=1S/C16H13NO4/c1-10-3-2-4-11(7-10)16(19)21-12-5-6-14-13(8-12)17-15(18)9-20-14/h2-8H,9H2,1H3,(H,17,18). The smallest absolute Gasteiger partial charge is 0.343 e. The van der Waals surface area contributed by atoms with E-state index >= 15 is 0 Å². The predicted molar refractivity (Wildman–Crippen MR) is 76.7 cm³/mol. The summed E-state index contributed by atoms with van der Waals surface area (Å²) < 4.78 is 10.6. The van der Waals surface area contributed by atoms with Crippen molar-refractivity contribution in [3.05, 3.63) is 53.6 Å². The van der Waals surface area contributed by atoms with Crippen molar-refractivity contribution in [2.24, 2.45) is 0 Å². The number of anilines is 1. The highest BCUT2D eigenvalue weighted by atomic mass is 16.5. The van der Waals surface area contributed by atoms with Gasteiger partial charge in [0.15, 0.2) is 6.61 Å². The summed E-state index contributed by atoms with van der Waals surface area (Å²) in [5, 5.41) is 2.67. The molecule has 0 saturated carbocycles. The van der Waals surface area contributed by atoms with Gasteiger partial charge in [-0.05, 0) is 31.2 Å². The molecule has 0 bridgehead atoms. The van der Waals surface area contributed by atoms with Gasteiger partial charge in [-0.25, -0.2) is 4.79 Å². The molecule has 1 N–H and O–H groups in total. The summed E-state index contributed by atoms with van der Waals surface area (Å²) in [6.07, 6.45) is 0. The van der Waals surface area contributed by atoms with Gasteiger partial charge in [-0.3, -0.25) is 4.79 Å². The summed E-state index contributed by atoms with van der Waals surface area (Å²) in [7, 11) is 0. The van der Waals surface area contributed by atoms with Crippen LogP contribution >= 0.6 is 0 Å². The van der Waals surface area contributed by atoms with Gasteiger partial charge in [-0.1, -0.05) is 17.7 Å². The third-order valence-corrected chi connectivity index (χ3v) is 3.05. The molecule has 0 aromatic heterocycles. The maximum absolute atomic E-state index is 12.1. The first-order valence-electron chi connectivity index (χ1n) is 6.47. The number of benzene rings is 2. The zero-order valence-corrected chi connectivity index (χ0v) is 11.4. The number of carbonyl (C=O) groups is 2. The maximum atomic E-state index is 12.1. The third kappa shape index (κ3) is 2.86. The molecule has 0 fully saturated rings. The van der Waals surface area contributed by atoms with Gasteiger partial charge in [-0.15, -0.1) is 0 Å². The van der Waals surface area contributed by atoms with Crippen molar-refractivity contribution >= 4 is 17.6 Å². The van der Waals surface area contributed by atoms with Gasteiger partial charge in [-0.2, -0.15) is 0 Å². The van der Waals surface area contributed by atoms with Crippen LogP contribution in [0.3, 0.4) is 0 Å². The van der Waals surface area contributed by atoms with Gasteiger partial charge in [0.1, 0.15) is 11.5 Å². The average Bonchev–Trinajstić information content (AvgIpc) is 2.46. The second-order valence-corrected chi connectivity index (χ2v) is 4.75. The lowest BCUT2D eigenvalue weighted by atomic mass is 10.1. The SMILES string of the molecule is Cc1cccc(C(=O)Oc2ccc3c(c2)NC(=O)CO3)c1. The minimum atomic E-state index is -0.443. The van der Waals surface area contributed by atoms with Crippen LogP contribution in [0.5, 0.6) is 11.5 Å². The molecule has 0 saturated heterocycles. The van der Waals surface area contributed by atoms with Crippen molar-refractivity contribution in [2.45, 2.75) is 6.92 Å². The van der Waals surface area contributed by atoms with Gasteiger partial charge >= 0.3 is 5.97 Å². The molecular weight excluding hydrogens is 270 g/mol. The molecule has 0 spiro atoms. The summed E-state index contributed by atoms with van der Waals surface area (Å²) >= 11 is 0. The topological polar surface area (TPSA) is 64.6 Å². The van der Waals surface area contributed by atoms with E-state index in [4.69, 9.17) is 9.47 Å². The largest absolute Gasteiger partial charge is 0.482 e. The molecule has 5 nitrogen and oxygen atoms in total. The van der Waals surface area contributed by atoms with Crippen molar-refractivity contribution in [3.8, 4) is 11.5 Å². The van der Waals surface area contributed by atoms with E-state index in [0.29, 0.717) is 22.7 Å². The van der Waals surface area contributed by atoms with E-state index in [0.717, 1.165) is 5.56 Å². The molecule has 0 aliphatic carbocycles. The molecule has 1 aliphatic rings. The first-order chi connectivity index (χ1) is 10.1. The summed E-state index contributed by atoms with van der Waals surface area (Å²) in [5.41, 5.74) is 1.96. The normalized spacial score (nSPS) is 12.9. The monoisotopic (exact) mass is 283 g/mol. The quantitative estimate of drug-likeness (QED) is 0.679. The van der Waals surface area contributed by atoms with Crippen LogP contribution in [-0.4, -0.2) is 18.5 Å². The number of hydrogen-bond donors (Lipinski definition) is 1. The Labute approximate surface area is 121 Å². The Morgan fingerprint density at radius 1 is 1.24 bits per heavy atom. The lowest BCUT2D eigenvalue weighted by Crippen LogP contribution is -2.25. The zero-order valence-electron chi connectivity index (χ0n) is 11.4. The number of ether oxygens (including phenoxy) is 2. The molecule has 2 aromatic carbocycles. The van der Waals surface area contributed by atoms with Crippen LogP contribution < -0.4 is 14.8 Å². The number of nitrogens with one attached hydrogen (secondary N) is 1. The van der Waals surface area contributed by atoms with Gasteiger partial charge < -0.3 is 14.8 Å². The summed E-state index contributed by atoms with van der Waals surface area (Å²) in [6, 6.07) is 12.0. The number of carbonyl (C=O) groups excluding carboxylic acids is 2. The van der Waals surface area contributed by atoms with Crippen molar-refractivity contribution in [2.75, 3.05) is 11.9 Å². The second kappa shape index (κ2) is 5.28. The Morgan fingerprint density at radius 3 is 2.90 bits per heavy atom. The van der Waals surface area contributed by atoms with Crippen LogP contribution in [0.4, 0.5) is 5.69 Å². The Balaban J connectivity index is 1.80. The number of aryl methyl sites for hydroxylation is 1.